The van der Waals surface area contributed by atoms with E-state index in [2.05, 4.69) is 4.98 Å². The van der Waals surface area contributed by atoms with Crippen molar-refractivity contribution in [1.29, 1.82) is 5.26 Å². The number of aldehydes is 1. The number of halogens is 3. The van der Waals surface area contributed by atoms with E-state index in [1.165, 1.54) is 6.07 Å². The normalized spacial score (nSPS) is 9.93. The van der Waals surface area contributed by atoms with E-state index in [0.717, 1.165) is 0 Å². The molecule has 0 radical (unpaired) electrons. The van der Waals surface area contributed by atoms with Crippen LogP contribution in [0.5, 0.6) is 0 Å². The Morgan fingerprint density at radius 2 is 2.21 bits per heavy atom. The Morgan fingerprint density at radius 3 is 2.64 bits per heavy atom. The van der Waals surface area contributed by atoms with Crippen LogP contribution in [0.2, 0.25) is 0 Å². The molecule has 1 heterocycles. The number of hydrogen-bond acceptors (Lipinski definition) is 3. The van der Waals surface area contributed by atoms with Gasteiger partial charge in [-0.3, -0.25) is 4.79 Å². The number of carbonyl (C=O) groups excluding carboxylic acids is 1. The van der Waals surface area contributed by atoms with Gasteiger partial charge in [0.25, 0.3) is 6.43 Å². The molecule has 1 aromatic rings. The summed E-state index contributed by atoms with van der Waals surface area (Å²) in [4.78, 5) is 13.3. The van der Waals surface area contributed by atoms with Crippen LogP contribution in [-0.4, -0.2) is 11.3 Å². The molecule has 0 aliphatic rings. The number of nitriles is 1. The van der Waals surface area contributed by atoms with Crippen LogP contribution in [0, 0.1) is 17.1 Å². The lowest BCUT2D eigenvalue weighted by molar-refractivity contribution is 0.110. The lowest BCUT2D eigenvalue weighted by Gasteiger charge is -2.02. The Kier molecular flexibility index (Phi) is 2.82. The fraction of sp³-hybridized carbons (Fsp3) is 0.125. The molecule has 72 valence electrons. The summed E-state index contributed by atoms with van der Waals surface area (Å²) in [5.74, 6) is -1.08. The molecular weight excluding hydrogens is 197 g/mol. The highest BCUT2D eigenvalue weighted by molar-refractivity contribution is 5.76. The summed E-state index contributed by atoms with van der Waals surface area (Å²) in [5.41, 5.74) is -2.17. The molecule has 0 atom stereocenters. The first kappa shape index (κ1) is 10.2. The molecule has 1 aromatic heterocycles. The molecule has 0 N–H and O–H groups in total. The Bertz CT molecular complexity index is 412. The van der Waals surface area contributed by atoms with E-state index in [4.69, 9.17) is 5.26 Å². The largest absolute Gasteiger partial charge is 0.298 e. The third kappa shape index (κ3) is 1.71. The van der Waals surface area contributed by atoms with Crippen molar-refractivity contribution < 1.29 is 18.0 Å². The summed E-state index contributed by atoms with van der Waals surface area (Å²) >= 11 is 0. The molecule has 0 aliphatic heterocycles. The monoisotopic (exact) mass is 200 g/mol. The summed E-state index contributed by atoms with van der Waals surface area (Å²) in [5, 5.41) is 8.30. The van der Waals surface area contributed by atoms with Gasteiger partial charge in [0.1, 0.15) is 11.8 Å². The van der Waals surface area contributed by atoms with Crippen LogP contribution in [0.25, 0.3) is 0 Å². The second-order valence-corrected chi connectivity index (χ2v) is 2.32. The van der Waals surface area contributed by atoms with E-state index in [-0.39, 0.29) is 6.29 Å². The van der Waals surface area contributed by atoms with Crippen molar-refractivity contribution in [3.05, 3.63) is 28.8 Å². The molecule has 0 saturated heterocycles. The maximum Gasteiger partial charge on any atom is 0.281 e. The van der Waals surface area contributed by atoms with Gasteiger partial charge >= 0.3 is 0 Å². The highest BCUT2D eigenvalue weighted by atomic mass is 19.3. The fourth-order valence-corrected chi connectivity index (χ4v) is 0.865. The van der Waals surface area contributed by atoms with Crippen molar-refractivity contribution in [2.75, 3.05) is 0 Å². The number of carbonyl (C=O) groups is 1. The smallest absolute Gasteiger partial charge is 0.281 e. The van der Waals surface area contributed by atoms with Crippen molar-refractivity contribution in [2.45, 2.75) is 6.43 Å². The molecular formula is C8H3F3N2O. The van der Waals surface area contributed by atoms with Crippen LogP contribution in [0.1, 0.15) is 28.2 Å². The third-order valence-corrected chi connectivity index (χ3v) is 1.48. The third-order valence-electron chi connectivity index (χ3n) is 1.48. The first-order chi connectivity index (χ1) is 6.60. The highest BCUT2D eigenvalue weighted by Gasteiger charge is 2.18. The number of alkyl halides is 2. The van der Waals surface area contributed by atoms with Gasteiger partial charge in [-0.2, -0.15) is 5.26 Å². The minimum absolute atomic E-state index is 0.0682. The van der Waals surface area contributed by atoms with E-state index in [0.29, 0.717) is 6.07 Å². The van der Waals surface area contributed by atoms with Gasteiger partial charge in [0.15, 0.2) is 17.8 Å². The summed E-state index contributed by atoms with van der Waals surface area (Å²) < 4.78 is 37.2. The van der Waals surface area contributed by atoms with Crippen molar-refractivity contribution in [3.8, 4) is 6.07 Å². The van der Waals surface area contributed by atoms with Crippen LogP contribution in [-0.2, 0) is 0 Å². The zero-order chi connectivity index (χ0) is 10.7. The van der Waals surface area contributed by atoms with Gasteiger partial charge in [0.05, 0.1) is 0 Å². The minimum atomic E-state index is -3.01. The van der Waals surface area contributed by atoms with Gasteiger partial charge < -0.3 is 0 Å². The summed E-state index contributed by atoms with van der Waals surface area (Å²) in [6.07, 6.45) is -2.94. The Labute approximate surface area is 76.8 Å². The molecule has 14 heavy (non-hydrogen) atoms. The average molecular weight is 200 g/mol. The molecule has 0 amide bonds. The zero-order valence-corrected chi connectivity index (χ0v) is 6.67. The fourth-order valence-electron chi connectivity index (χ4n) is 0.865. The highest BCUT2D eigenvalue weighted by Crippen LogP contribution is 2.21. The predicted molar refractivity (Wildman–Crippen MR) is 39.3 cm³/mol. The van der Waals surface area contributed by atoms with Crippen LogP contribution >= 0.6 is 0 Å². The van der Waals surface area contributed by atoms with Gasteiger partial charge in [-0.05, 0) is 6.07 Å². The van der Waals surface area contributed by atoms with Crippen molar-refractivity contribution in [3.63, 3.8) is 0 Å². The van der Waals surface area contributed by atoms with Gasteiger partial charge in [-0.1, -0.05) is 0 Å². The second-order valence-electron chi connectivity index (χ2n) is 2.32. The molecule has 0 fully saturated rings. The number of aromatic nitrogens is 1. The van der Waals surface area contributed by atoms with Gasteiger partial charge in [-0.15, -0.1) is 0 Å². The first-order valence-corrected chi connectivity index (χ1v) is 3.44. The lowest BCUT2D eigenvalue weighted by Crippen LogP contribution is -2.02. The number of rotatable bonds is 2. The minimum Gasteiger partial charge on any atom is -0.298 e. The van der Waals surface area contributed by atoms with E-state index < -0.39 is 29.2 Å². The van der Waals surface area contributed by atoms with E-state index in [1.807, 2.05) is 0 Å². The van der Waals surface area contributed by atoms with Gasteiger partial charge in [-0.25, -0.2) is 18.2 Å². The second kappa shape index (κ2) is 3.87. The number of pyridine rings is 1. The molecule has 1 rings (SSSR count). The molecule has 0 spiro atoms. The van der Waals surface area contributed by atoms with Gasteiger partial charge in [0, 0.05) is 5.56 Å². The van der Waals surface area contributed by atoms with E-state index in [9.17, 15) is 18.0 Å². The van der Waals surface area contributed by atoms with Crippen LogP contribution < -0.4 is 0 Å². The summed E-state index contributed by atoms with van der Waals surface area (Å²) in [6, 6.07) is 1.88. The SMILES string of the molecule is N#Cc1nc(C(F)F)c(C=O)cc1F. The Balaban J connectivity index is 3.41. The van der Waals surface area contributed by atoms with Crippen LogP contribution in [0.4, 0.5) is 13.2 Å². The van der Waals surface area contributed by atoms with Crippen LogP contribution in [0.3, 0.4) is 0 Å². The average Bonchev–Trinajstić information content (AvgIpc) is 2.16. The summed E-state index contributed by atoms with van der Waals surface area (Å²) in [6.45, 7) is 0. The lowest BCUT2D eigenvalue weighted by atomic mass is 10.2. The van der Waals surface area contributed by atoms with Crippen LogP contribution in [0.15, 0.2) is 6.07 Å². The van der Waals surface area contributed by atoms with E-state index in [1.54, 1.807) is 0 Å². The molecule has 0 aromatic carbocycles. The molecule has 3 nitrogen and oxygen atoms in total. The number of hydrogen-bond donors (Lipinski definition) is 0. The maximum atomic E-state index is 12.8. The number of nitrogens with zero attached hydrogens (tertiary/aromatic N) is 2. The van der Waals surface area contributed by atoms with E-state index >= 15 is 0 Å². The predicted octanol–water partition coefficient (Wildman–Crippen LogP) is 1.84. The standard InChI is InChI=1S/C8H3F3N2O/c9-5-1-4(3-14)7(8(10)11)13-6(5)2-12/h1,3,8H. The quantitative estimate of drug-likeness (QED) is 0.684. The first-order valence-electron chi connectivity index (χ1n) is 3.44. The Hall–Kier alpha value is -1.90. The van der Waals surface area contributed by atoms with Crippen molar-refractivity contribution in [1.82, 2.24) is 4.98 Å². The zero-order valence-electron chi connectivity index (χ0n) is 6.67. The van der Waals surface area contributed by atoms with Crippen molar-refractivity contribution >= 4 is 6.29 Å². The summed E-state index contributed by atoms with van der Waals surface area (Å²) in [7, 11) is 0. The molecule has 0 unspecified atom stereocenters. The molecule has 0 bridgehead atoms. The van der Waals surface area contributed by atoms with Gasteiger partial charge in [0.2, 0.25) is 0 Å². The van der Waals surface area contributed by atoms with Crippen molar-refractivity contribution in [2.24, 2.45) is 0 Å². The molecule has 6 heteroatoms. The topological polar surface area (TPSA) is 53.8 Å². The Morgan fingerprint density at radius 1 is 1.57 bits per heavy atom. The molecule has 0 aliphatic carbocycles. The molecule has 0 saturated carbocycles. The maximum absolute atomic E-state index is 12.8.